The van der Waals surface area contributed by atoms with E-state index in [2.05, 4.69) is 15.4 Å². The molecule has 0 aromatic carbocycles. The normalized spacial score (nSPS) is 15.2. The van der Waals surface area contributed by atoms with Gasteiger partial charge in [0.15, 0.2) is 11.5 Å². The molecule has 0 fully saturated rings. The molecule has 0 aromatic rings. The van der Waals surface area contributed by atoms with E-state index in [0.717, 1.165) is 0 Å². The number of aromatic amines is 1. The average Bonchev–Trinajstić information content (AvgIpc) is 2.54. The topological polar surface area (TPSA) is 174 Å². The number of fused-ring (bicyclic) bond motifs is 1. The smallest absolute Gasteiger partial charge is 0.350 e. The quantitative estimate of drug-likeness (QED) is 0.314. The maximum atomic E-state index is 11.8. The predicted molar refractivity (Wildman–Crippen MR) is 82.3 cm³/mol. The van der Waals surface area contributed by atoms with Gasteiger partial charge in [-0.1, -0.05) is 0 Å². The number of H-pyrrole nitrogens is 1. The lowest BCUT2D eigenvalue weighted by Crippen LogP contribution is -2.44. The molecule has 0 aliphatic carbocycles. The summed E-state index contributed by atoms with van der Waals surface area (Å²) < 4.78 is 1.30. The molecule has 2 aliphatic rings. The average molecular weight is 341 g/mol. The van der Waals surface area contributed by atoms with Crippen LogP contribution in [0.4, 0.5) is 0 Å². The minimum Gasteiger partial charge on any atom is -0.394 e. The number of nitrogens with one attached hydrogen (secondary N) is 2. The minimum atomic E-state index is -1.58. The Kier molecular flexibility index (Phi) is 5.29. The van der Waals surface area contributed by atoms with Crippen LogP contribution in [0.3, 0.4) is 0 Å². The highest BCUT2D eigenvalue weighted by molar-refractivity contribution is 5.50. The molecule has 11 heteroatoms. The third-order valence-electron chi connectivity index (χ3n) is 3.64. The van der Waals surface area contributed by atoms with E-state index >= 15 is 0 Å². The summed E-state index contributed by atoms with van der Waals surface area (Å²) in [6.45, 7) is 2.36. The lowest BCUT2D eigenvalue weighted by atomic mass is 10.1. The molecule has 0 aromatic heterocycles. The van der Waals surface area contributed by atoms with Crippen LogP contribution in [0.25, 0.3) is 11.5 Å². The number of aliphatic hydroxyl groups excluding tert-OH is 4. The van der Waals surface area contributed by atoms with Gasteiger partial charge < -0.3 is 25.9 Å². The van der Waals surface area contributed by atoms with Crippen LogP contribution in [-0.4, -0.2) is 71.5 Å². The van der Waals surface area contributed by atoms with Crippen LogP contribution in [0.5, 0.6) is 0 Å². The fourth-order valence-corrected chi connectivity index (χ4v) is 2.12. The van der Waals surface area contributed by atoms with Crippen molar-refractivity contribution in [3.05, 3.63) is 32.2 Å². The van der Waals surface area contributed by atoms with Crippen molar-refractivity contribution in [3.63, 3.8) is 0 Å². The first-order chi connectivity index (χ1) is 11.3. The molecule has 0 radical (unpaired) electrons. The van der Waals surface area contributed by atoms with Crippen molar-refractivity contribution in [3.8, 4) is 11.5 Å². The number of aromatic nitrogens is 4. The van der Waals surface area contributed by atoms with Crippen LogP contribution in [0.2, 0.25) is 0 Å². The monoisotopic (exact) mass is 341 g/mol. The van der Waals surface area contributed by atoms with E-state index in [1.165, 1.54) is 4.68 Å². The van der Waals surface area contributed by atoms with Gasteiger partial charge in [0.1, 0.15) is 18.3 Å². The second-order valence-corrected chi connectivity index (χ2v) is 5.33. The lowest BCUT2D eigenvalue weighted by Gasteiger charge is -2.25. The van der Waals surface area contributed by atoms with Gasteiger partial charge in [-0.15, -0.1) is 0 Å². The summed E-state index contributed by atoms with van der Waals surface area (Å²) in [5, 5.41) is 37.6. The van der Waals surface area contributed by atoms with E-state index in [0.29, 0.717) is 11.4 Å². The van der Waals surface area contributed by atoms with Crippen LogP contribution >= 0.6 is 0 Å². The number of nitrogens with zero attached hydrogens (tertiary/aromatic N) is 3. The van der Waals surface area contributed by atoms with Gasteiger partial charge in [-0.3, -0.25) is 9.78 Å². The van der Waals surface area contributed by atoms with E-state index in [1.807, 2.05) is 4.98 Å². The van der Waals surface area contributed by atoms with Crippen LogP contribution in [0, 0.1) is 13.8 Å². The van der Waals surface area contributed by atoms with Crippen molar-refractivity contribution in [2.45, 2.75) is 32.2 Å². The number of hydrogen-bond donors (Lipinski definition) is 6. The first-order valence-corrected chi connectivity index (χ1v) is 7.15. The van der Waals surface area contributed by atoms with E-state index in [1.54, 1.807) is 13.8 Å². The summed E-state index contributed by atoms with van der Waals surface area (Å²) in [6.07, 6.45) is -4.50. The summed E-state index contributed by atoms with van der Waals surface area (Å²) >= 11 is 0. The Morgan fingerprint density at radius 3 is 2.46 bits per heavy atom. The van der Waals surface area contributed by atoms with Crippen LogP contribution in [0.1, 0.15) is 11.4 Å². The molecular weight excluding hydrogens is 322 g/mol. The van der Waals surface area contributed by atoms with Gasteiger partial charge in [0.2, 0.25) is 0 Å². The fourth-order valence-electron chi connectivity index (χ4n) is 2.12. The van der Waals surface area contributed by atoms with Crippen LogP contribution in [-0.2, 0) is 0 Å². The van der Waals surface area contributed by atoms with Crippen molar-refractivity contribution in [2.24, 2.45) is 0 Å². The molecule has 3 atom stereocenters. The Morgan fingerprint density at radius 1 is 1.17 bits per heavy atom. The summed E-state index contributed by atoms with van der Waals surface area (Å²) in [6, 6.07) is 0. The maximum Gasteiger partial charge on any atom is 0.350 e. The zero-order chi connectivity index (χ0) is 18.0. The van der Waals surface area contributed by atoms with E-state index in [9.17, 15) is 24.9 Å². The second-order valence-electron chi connectivity index (χ2n) is 5.33. The molecular formula is C13H19N5O6. The molecule has 0 saturated carbocycles. The van der Waals surface area contributed by atoms with Crippen molar-refractivity contribution >= 4 is 0 Å². The van der Waals surface area contributed by atoms with Gasteiger partial charge >= 0.3 is 5.69 Å². The third-order valence-corrected chi connectivity index (χ3v) is 3.64. The molecule has 0 unspecified atom stereocenters. The molecule has 6 N–H and O–H groups in total. The number of hydrogen-bond acceptors (Lipinski definition) is 9. The molecule has 2 heterocycles. The Hall–Kier alpha value is -2.34. The van der Waals surface area contributed by atoms with Gasteiger partial charge in [0.25, 0.3) is 5.56 Å². The van der Waals surface area contributed by atoms with Crippen molar-refractivity contribution in [1.29, 1.82) is 0 Å². The Morgan fingerprint density at radius 2 is 1.83 bits per heavy atom. The van der Waals surface area contributed by atoms with E-state index in [-0.39, 0.29) is 18.1 Å². The maximum absolute atomic E-state index is 11.8. The highest BCUT2D eigenvalue weighted by atomic mass is 16.4. The molecule has 132 valence electrons. The molecule has 11 nitrogen and oxygen atoms in total. The molecule has 0 saturated heterocycles. The van der Waals surface area contributed by atoms with Crippen LogP contribution < -0.4 is 16.7 Å². The second kappa shape index (κ2) is 7.05. The molecule has 0 amide bonds. The lowest BCUT2D eigenvalue weighted by molar-refractivity contribution is -0.0721. The minimum absolute atomic E-state index is 0.0313. The SMILES string of the molecule is Cc1nc2c(=O)[nH]c(=O)nc-2n(NC[C@H](O)[C@H](O)[C@H](O)CO)c1C. The largest absolute Gasteiger partial charge is 0.394 e. The Labute approximate surface area is 135 Å². The standard InChI is InChI=1S/C13H19N5O6/c1-5-6(2)18(14-3-7(20)10(22)8(21)4-19)11-9(15-5)12(23)17-13(24)16-11/h7-8,10,14,19-22H,3-4H2,1-2H3,(H,17,23,24)/t7-,8+,10-/m0/s1. The van der Waals surface area contributed by atoms with Gasteiger partial charge in [0.05, 0.1) is 24.5 Å². The molecule has 24 heavy (non-hydrogen) atoms. The first-order valence-electron chi connectivity index (χ1n) is 7.15. The summed E-state index contributed by atoms with van der Waals surface area (Å²) in [4.78, 5) is 33.1. The van der Waals surface area contributed by atoms with Gasteiger partial charge in [-0.25, -0.2) is 14.5 Å². The van der Waals surface area contributed by atoms with E-state index in [4.69, 9.17) is 5.11 Å². The van der Waals surface area contributed by atoms with Gasteiger partial charge in [0, 0.05) is 0 Å². The number of aliphatic hydroxyl groups is 4. The molecule has 0 bridgehead atoms. The van der Waals surface area contributed by atoms with Crippen molar-refractivity contribution in [2.75, 3.05) is 18.6 Å². The number of aryl methyl sites for hydroxylation is 1. The Balaban J connectivity index is 2.36. The summed E-state index contributed by atoms with van der Waals surface area (Å²) in [5.41, 5.74) is 2.16. The van der Waals surface area contributed by atoms with E-state index < -0.39 is 36.2 Å². The highest BCUT2D eigenvalue weighted by Crippen LogP contribution is 2.14. The van der Waals surface area contributed by atoms with Gasteiger partial charge in [-0.2, -0.15) is 4.98 Å². The van der Waals surface area contributed by atoms with Gasteiger partial charge in [-0.05, 0) is 13.8 Å². The predicted octanol–water partition coefficient (Wildman–Crippen LogP) is -3.33. The summed E-state index contributed by atoms with van der Waals surface area (Å²) in [7, 11) is 0. The zero-order valence-electron chi connectivity index (χ0n) is 13.1. The fraction of sp³-hybridized carbons (Fsp3) is 0.538. The molecule has 0 spiro atoms. The van der Waals surface area contributed by atoms with Crippen molar-refractivity contribution in [1.82, 2.24) is 19.6 Å². The zero-order valence-corrected chi connectivity index (χ0v) is 13.1. The summed E-state index contributed by atoms with van der Waals surface area (Å²) in [5.74, 6) is -0.0313. The number of rotatable bonds is 6. The first kappa shape index (κ1) is 18.0. The molecule has 2 aliphatic heterocycles. The highest BCUT2D eigenvalue weighted by Gasteiger charge is 2.25. The van der Waals surface area contributed by atoms with Crippen molar-refractivity contribution < 1.29 is 20.4 Å². The third kappa shape index (κ3) is 3.43. The van der Waals surface area contributed by atoms with Crippen LogP contribution in [0.15, 0.2) is 9.59 Å². The molecule has 2 rings (SSSR count). The Bertz CT molecular complexity index is 803.